The van der Waals surface area contributed by atoms with Gasteiger partial charge in [0.1, 0.15) is 5.60 Å². The lowest BCUT2D eigenvalue weighted by Gasteiger charge is -2.28. The second-order valence-electron chi connectivity index (χ2n) is 8.30. The highest BCUT2D eigenvalue weighted by atomic mass is 16.6. The number of likely N-dealkylation sites (tertiary alicyclic amines) is 1. The molecule has 23 heavy (non-hydrogen) atoms. The van der Waals surface area contributed by atoms with Gasteiger partial charge in [-0.25, -0.2) is 4.79 Å². The highest BCUT2D eigenvalue weighted by molar-refractivity contribution is 5.68. The van der Waals surface area contributed by atoms with Gasteiger partial charge in [-0.05, 0) is 51.9 Å². The molecule has 0 aromatic rings. The molecule has 1 heterocycles. The molecule has 1 aliphatic rings. The standard InChI is InChI=1S/C18H33N3O2/c1-17(2,3)23-16(22)21-12-6-8-15(9-13-21)20-14-18(4,5)10-7-11-19/h15,20H,6-10,12-14H2,1-5H3. The average Bonchev–Trinajstić information content (AvgIpc) is 2.67. The van der Waals surface area contributed by atoms with Crippen LogP contribution >= 0.6 is 0 Å². The van der Waals surface area contributed by atoms with Crippen molar-refractivity contribution in [3.8, 4) is 6.07 Å². The molecule has 0 aromatic heterocycles. The van der Waals surface area contributed by atoms with Gasteiger partial charge >= 0.3 is 6.09 Å². The van der Waals surface area contributed by atoms with Crippen LogP contribution in [0.3, 0.4) is 0 Å². The summed E-state index contributed by atoms with van der Waals surface area (Å²) in [6.07, 6.45) is 4.34. The van der Waals surface area contributed by atoms with Gasteiger partial charge in [-0.1, -0.05) is 13.8 Å². The van der Waals surface area contributed by atoms with Gasteiger partial charge in [-0.15, -0.1) is 0 Å². The smallest absolute Gasteiger partial charge is 0.410 e. The minimum absolute atomic E-state index is 0.132. The lowest BCUT2D eigenvalue weighted by atomic mass is 9.87. The fourth-order valence-electron chi connectivity index (χ4n) is 2.71. The number of rotatable bonds is 5. The van der Waals surface area contributed by atoms with Crippen LogP contribution in [0, 0.1) is 16.7 Å². The summed E-state index contributed by atoms with van der Waals surface area (Å²) >= 11 is 0. The van der Waals surface area contributed by atoms with Crippen LogP contribution in [0.1, 0.15) is 66.7 Å². The van der Waals surface area contributed by atoms with Gasteiger partial charge in [0.05, 0.1) is 6.07 Å². The van der Waals surface area contributed by atoms with Crippen molar-refractivity contribution >= 4 is 6.09 Å². The summed E-state index contributed by atoms with van der Waals surface area (Å²) in [5, 5.41) is 12.4. The molecular weight excluding hydrogens is 290 g/mol. The van der Waals surface area contributed by atoms with E-state index in [9.17, 15) is 4.79 Å². The Balaban J connectivity index is 2.41. The highest BCUT2D eigenvalue weighted by Gasteiger charge is 2.26. The minimum Gasteiger partial charge on any atom is -0.444 e. The second-order valence-corrected chi connectivity index (χ2v) is 8.30. The zero-order valence-electron chi connectivity index (χ0n) is 15.4. The largest absolute Gasteiger partial charge is 0.444 e. The third kappa shape index (κ3) is 8.22. The molecule has 1 rings (SSSR count). The van der Waals surface area contributed by atoms with Gasteiger partial charge in [0.15, 0.2) is 0 Å². The van der Waals surface area contributed by atoms with Gasteiger partial charge in [-0.3, -0.25) is 0 Å². The van der Waals surface area contributed by atoms with Gasteiger partial charge in [0.25, 0.3) is 0 Å². The van der Waals surface area contributed by atoms with Crippen molar-refractivity contribution in [2.75, 3.05) is 19.6 Å². The van der Waals surface area contributed by atoms with Gasteiger partial charge in [-0.2, -0.15) is 5.26 Å². The van der Waals surface area contributed by atoms with Crippen molar-refractivity contribution in [1.82, 2.24) is 10.2 Å². The monoisotopic (exact) mass is 323 g/mol. The van der Waals surface area contributed by atoms with Crippen LogP contribution in [0.5, 0.6) is 0 Å². The van der Waals surface area contributed by atoms with Gasteiger partial charge in [0, 0.05) is 32.1 Å². The summed E-state index contributed by atoms with van der Waals surface area (Å²) in [4.78, 5) is 14.0. The predicted octanol–water partition coefficient (Wildman–Crippen LogP) is 3.70. The molecule has 0 aliphatic carbocycles. The van der Waals surface area contributed by atoms with Crippen LogP contribution in [0.2, 0.25) is 0 Å². The molecule has 132 valence electrons. The minimum atomic E-state index is -0.439. The number of nitriles is 1. The van der Waals surface area contributed by atoms with Crippen molar-refractivity contribution < 1.29 is 9.53 Å². The van der Waals surface area contributed by atoms with Crippen LogP contribution in [-0.4, -0.2) is 42.3 Å². The number of carbonyl (C=O) groups excluding carboxylic acids is 1. The summed E-state index contributed by atoms with van der Waals surface area (Å²) in [6.45, 7) is 12.5. The Hall–Kier alpha value is -1.28. The van der Waals surface area contributed by atoms with Crippen LogP contribution in [-0.2, 0) is 4.74 Å². The third-order valence-corrected chi connectivity index (χ3v) is 4.16. The van der Waals surface area contributed by atoms with E-state index in [-0.39, 0.29) is 11.5 Å². The van der Waals surface area contributed by atoms with E-state index in [2.05, 4.69) is 25.2 Å². The first-order valence-corrected chi connectivity index (χ1v) is 8.71. The Morgan fingerprint density at radius 2 is 1.96 bits per heavy atom. The van der Waals surface area contributed by atoms with E-state index in [0.29, 0.717) is 12.5 Å². The number of nitrogens with one attached hydrogen (secondary N) is 1. The fraction of sp³-hybridized carbons (Fsp3) is 0.889. The maximum atomic E-state index is 12.2. The highest BCUT2D eigenvalue weighted by Crippen LogP contribution is 2.22. The third-order valence-electron chi connectivity index (χ3n) is 4.16. The van der Waals surface area contributed by atoms with Crippen LogP contribution in [0.25, 0.3) is 0 Å². The van der Waals surface area contributed by atoms with E-state index < -0.39 is 5.60 Å². The van der Waals surface area contributed by atoms with Crippen LogP contribution in [0.4, 0.5) is 4.79 Å². The molecule has 1 fully saturated rings. The van der Waals surface area contributed by atoms with Crippen molar-refractivity contribution in [3.05, 3.63) is 0 Å². The number of amides is 1. The molecule has 1 saturated heterocycles. The number of nitrogens with zero attached hydrogens (tertiary/aromatic N) is 2. The average molecular weight is 323 g/mol. The van der Waals surface area contributed by atoms with Crippen molar-refractivity contribution in [2.24, 2.45) is 5.41 Å². The Kier molecular flexibility index (Phi) is 7.34. The van der Waals surface area contributed by atoms with Gasteiger partial charge < -0.3 is 15.0 Å². The molecule has 0 saturated carbocycles. The first kappa shape index (κ1) is 19.8. The van der Waals surface area contributed by atoms with Crippen LogP contribution in [0.15, 0.2) is 0 Å². The molecule has 0 aromatic carbocycles. The number of ether oxygens (including phenoxy) is 1. The summed E-state index contributed by atoms with van der Waals surface area (Å²) in [7, 11) is 0. The topological polar surface area (TPSA) is 65.4 Å². The maximum Gasteiger partial charge on any atom is 0.410 e. The van der Waals surface area contributed by atoms with Crippen molar-refractivity contribution in [1.29, 1.82) is 5.26 Å². The number of hydrogen-bond acceptors (Lipinski definition) is 4. The Bertz CT molecular complexity index is 421. The predicted molar refractivity (Wildman–Crippen MR) is 92.1 cm³/mol. The van der Waals surface area contributed by atoms with Gasteiger partial charge in [0.2, 0.25) is 0 Å². The van der Waals surface area contributed by atoms with E-state index in [1.54, 1.807) is 0 Å². The summed E-state index contributed by atoms with van der Waals surface area (Å²) in [5.74, 6) is 0. The molecule has 0 bridgehead atoms. The SMILES string of the molecule is CC(C)(CCC#N)CNC1CCCN(C(=O)OC(C)(C)C)CC1. The molecular formula is C18H33N3O2. The molecule has 1 unspecified atom stereocenters. The number of carbonyl (C=O) groups is 1. The second kappa shape index (κ2) is 8.54. The maximum absolute atomic E-state index is 12.2. The Labute approximate surface area is 141 Å². The lowest BCUT2D eigenvalue weighted by Crippen LogP contribution is -2.39. The van der Waals surface area contributed by atoms with E-state index in [1.807, 2.05) is 25.7 Å². The van der Waals surface area contributed by atoms with E-state index in [1.165, 1.54) is 0 Å². The van der Waals surface area contributed by atoms with Crippen molar-refractivity contribution in [3.63, 3.8) is 0 Å². The molecule has 0 radical (unpaired) electrons. The fourth-order valence-corrected chi connectivity index (χ4v) is 2.71. The zero-order valence-corrected chi connectivity index (χ0v) is 15.4. The molecule has 1 N–H and O–H groups in total. The first-order chi connectivity index (χ1) is 10.6. The quantitative estimate of drug-likeness (QED) is 0.838. The molecule has 5 nitrogen and oxygen atoms in total. The first-order valence-electron chi connectivity index (χ1n) is 8.71. The van der Waals surface area contributed by atoms with Crippen molar-refractivity contribution in [2.45, 2.75) is 78.4 Å². The summed E-state index contributed by atoms with van der Waals surface area (Å²) in [5.41, 5.74) is -0.307. The Morgan fingerprint density at radius 1 is 1.26 bits per heavy atom. The normalized spacial score (nSPS) is 19.8. The molecule has 1 amide bonds. The molecule has 0 spiro atoms. The van der Waals surface area contributed by atoms with E-state index in [4.69, 9.17) is 10.00 Å². The number of hydrogen-bond donors (Lipinski definition) is 1. The molecule has 5 heteroatoms. The van der Waals surface area contributed by atoms with Crippen LogP contribution < -0.4 is 5.32 Å². The lowest BCUT2D eigenvalue weighted by molar-refractivity contribution is 0.0256. The molecule has 1 aliphatic heterocycles. The van der Waals surface area contributed by atoms with E-state index >= 15 is 0 Å². The van der Waals surface area contributed by atoms with E-state index in [0.717, 1.165) is 45.3 Å². The Morgan fingerprint density at radius 3 is 2.57 bits per heavy atom. The summed E-state index contributed by atoms with van der Waals surface area (Å²) in [6, 6.07) is 2.66. The zero-order chi connectivity index (χ0) is 17.5. The molecule has 1 atom stereocenters. The summed E-state index contributed by atoms with van der Waals surface area (Å²) < 4.78 is 5.46.